The Bertz CT molecular complexity index is 849. The normalized spacial score (nSPS) is 37.2. The van der Waals surface area contributed by atoms with Crippen molar-refractivity contribution in [1.29, 1.82) is 0 Å². The molecule has 1 aromatic rings. The van der Waals surface area contributed by atoms with E-state index in [-0.39, 0.29) is 28.3 Å². The van der Waals surface area contributed by atoms with Gasteiger partial charge in [0.1, 0.15) is 35.6 Å². The van der Waals surface area contributed by atoms with Crippen molar-refractivity contribution < 1.29 is 33.2 Å². The predicted molar refractivity (Wildman–Crippen MR) is 111 cm³/mol. The number of benzene rings is 1. The molecule has 1 amide bonds. The molecular formula is C23H31NO7. The lowest BCUT2D eigenvalue weighted by Gasteiger charge is -2.27. The van der Waals surface area contributed by atoms with Crippen molar-refractivity contribution in [3.8, 4) is 11.5 Å². The molecule has 0 radical (unpaired) electrons. The van der Waals surface area contributed by atoms with Crippen LogP contribution in [0.1, 0.15) is 38.1 Å². The summed E-state index contributed by atoms with van der Waals surface area (Å²) in [5.74, 6) is 0.862. The van der Waals surface area contributed by atoms with E-state index in [1.165, 1.54) is 0 Å². The van der Waals surface area contributed by atoms with Gasteiger partial charge in [0.05, 0.1) is 45.1 Å². The standard InChI is InChI=1S/C23H31NO7/c1-20(12-28-20)8-24(9-21(2)13-29-21)19(25)16-6-5-7-17(26-10-22(3)14-30-22)18(16)27-11-23(4)15-31-23/h5-7H,8-15H2,1-4H3. The van der Waals surface area contributed by atoms with E-state index < -0.39 is 0 Å². The zero-order chi connectivity index (χ0) is 21.9. The molecule has 8 nitrogen and oxygen atoms in total. The summed E-state index contributed by atoms with van der Waals surface area (Å²) < 4.78 is 34.2. The molecule has 8 heteroatoms. The lowest BCUT2D eigenvalue weighted by atomic mass is 10.1. The zero-order valence-electron chi connectivity index (χ0n) is 18.7. The van der Waals surface area contributed by atoms with Crippen molar-refractivity contribution >= 4 is 5.91 Å². The SMILES string of the molecule is CC1(COc2cccc(C(=O)N(CC3(C)CO3)CC3(C)CO3)c2OCC2(C)CO2)CO1. The lowest BCUT2D eigenvalue weighted by molar-refractivity contribution is 0.0657. The molecule has 4 heterocycles. The van der Waals surface area contributed by atoms with E-state index >= 15 is 0 Å². The molecular weight excluding hydrogens is 402 g/mol. The highest BCUT2D eigenvalue weighted by molar-refractivity contribution is 5.98. The summed E-state index contributed by atoms with van der Waals surface area (Å²) in [5.41, 5.74) is -0.724. The summed E-state index contributed by atoms with van der Waals surface area (Å²) >= 11 is 0. The van der Waals surface area contributed by atoms with Crippen molar-refractivity contribution in [2.45, 2.75) is 50.1 Å². The van der Waals surface area contributed by atoms with Crippen LogP contribution < -0.4 is 9.47 Å². The fourth-order valence-corrected chi connectivity index (χ4v) is 3.42. The molecule has 0 aromatic heterocycles. The third kappa shape index (κ3) is 4.98. The Balaban J connectivity index is 1.41. The third-order valence-electron chi connectivity index (χ3n) is 6.15. The van der Waals surface area contributed by atoms with E-state index in [1.807, 2.05) is 44.7 Å². The maximum absolute atomic E-state index is 13.7. The molecule has 170 valence electrons. The van der Waals surface area contributed by atoms with Gasteiger partial charge in [-0.3, -0.25) is 4.79 Å². The molecule has 4 fully saturated rings. The van der Waals surface area contributed by atoms with E-state index in [4.69, 9.17) is 28.4 Å². The predicted octanol–water partition coefficient (Wildman–Crippen LogP) is 2.04. The summed E-state index contributed by atoms with van der Waals surface area (Å²) in [6.45, 7) is 12.4. The van der Waals surface area contributed by atoms with Crippen LogP contribution in [0.5, 0.6) is 11.5 Å². The van der Waals surface area contributed by atoms with Crippen LogP contribution in [0.2, 0.25) is 0 Å². The number of rotatable bonds is 11. The Hall–Kier alpha value is -1.87. The fourth-order valence-electron chi connectivity index (χ4n) is 3.42. The smallest absolute Gasteiger partial charge is 0.257 e. The Morgan fingerprint density at radius 2 is 1.32 bits per heavy atom. The first kappa shape index (κ1) is 21.0. The minimum absolute atomic E-state index is 0.121. The van der Waals surface area contributed by atoms with Gasteiger partial charge in [-0.2, -0.15) is 0 Å². The minimum atomic E-state index is -0.316. The van der Waals surface area contributed by atoms with Gasteiger partial charge in [-0.25, -0.2) is 0 Å². The van der Waals surface area contributed by atoms with Crippen LogP contribution in [-0.2, 0) is 18.9 Å². The molecule has 4 saturated heterocycles. The van der Waals surface area contributed by atoms with Gasteiger partial charge in [0.2, 0.25) is 0 Å². The van der Waals surface area contributed by atoms with Gasteiger partial charge >= 0.3 is 0 Å². The van der Waals surface area contributed by atoms with Gasteiger partial charge in [-0.05, 0) is 39.8 Å². The Morgan fingerprint density at radius 1 is 0.839 bits per heavy atom. The number of epoxide rings is 4. The molecule has 1 aromatic carbocycles. The van der Waals surface area contributed by atoms with Crippen molar-refractivity contribution in [2.75, 3.05) is 52.7 Å². The molecule has 0 spiro atoms. The Kier molecular flexibility index (Phi) is 4.79. The number of hydrogen-bond acceptors (Lipinski definition) is 7. The first-order chi connectivity index (χ1) is 14.6. The van der Waals surface area contributed by atoms with Crippen LogP contribution in [0.4, 0.5) is 0 Å². The maximum Gasteiger partial charge on any atom is 0.257 e. The maximum atomic E-state index is 13.7. The van der Waals surface area contributed by atoms with E-state index in [9.17, 15) is 4.79 Å². The van der Waals surface area contributed by atoms with Gasteiger partial charge in [0.15, 0.2) is 11.5 Å². The molecule has 4 aliphatic rings. The summed E-state index contributed by atoms with van der Waals surface area (Å²) in [5, 5.41) is 0. The van der Waals surface area contributed by atoms with Crippen LogP contribution in [0.3, 0.4) is 0 Å². The van der Waals surface area contributed by atoms with Crippen LogP contribution in [0, 0.1) is 0 Å². The number of amides is 1. The summed E-state index contributed by atoms with van der Waals surface area (Å²) in [4.78, 5) is 15.5. The molecule has 0 aliphatic carbocycles. The number of nitrogens with zero attached hydrogens (tertiary/aromatic N) is 1. The third-order valence-corrected chi connectivity index (χ3v) is 6.15. The highest BCUT2D eigenvalue weighted by Crippen LogP contribution is 2.38. The summed E-state index contributed by atoms with van der Waals surface area (Å²) in [6, 6.07) is 5.44. The summed E-state index contributed by atoms with van der Waals surface area (Å²) in [7, 11) is 0. The molecule has 0 N–H and O–H groups in total. The van der Waals surface area contributed by atoms with E-state index in [0.29, 0.717) is 69.8 Å². The topological polar surface area (TPSA) is 88.9 Å². The van der Waals surface area contributed by atoms with Gasteiger partial charge < -0.3 is 33.3 Å². The average molecular weight is 434 g/mol. The summed E-state index contributed by atoms with van der Waals surface area (Å²) in [6.07, 6.45) is 0. The highest BCUT2D eigenvalue weighted by atomic mass is 16.6. The van der Waals surface area contributed by atoms with E-state index in [0.717, 1.165) is 0 Å². The molecule has 4 aliphatic heterocycles. The number of carbonyl (C=O) groups excluding carboxylic acids is 1. The van der Waals surface area contributed by atoms with Crippen LogP contribution in [-0.4, -0.2) is 85.9 Å². The van der Waals surface area contributed by atoms with E-state index in [1.54, 1.807) is 6.07 Å². The second-order valence-corrected chi connectivity index (χ2v) is 10.3. The van der Waals surface area contributed by atoms with Crippen LogP contribution in [0.15, 0.2) is 18.2 Å². The minimum Gasteiger partial charge on any atom is -0.487 e. The number of hydrogen-bond donors (Lipinski definition) is 0. The first-order valence-electron chi connectivity index (χ1n) is 10.8. The van der Waals surface area contributed by atoms with Crippen molar-refractivity contribution in [3.05, 3.63) is 23.8 Å². The molecule has 4 atom stereocenters. The zero-order valence-corrected chi connectivity index (χ0v) is 18.7. The lowest BCUT2D eigenvalue weighted by Crippen LogP contribution is -2.43. The van der Waals surface area contributed by atoms with Gasteiger partial charge in [-0.1, -0.05) is 6.07 Å². The monoisotopic (exact) mass is 433 g/mol. The number of ether oxygens (including phenoxy) is 6. The van der Waals surface area contributed by atoms with Crippen molar-refractivity contribution in [1.82, 2.24) is 4.90 Å². The molecule has 0 bridgehead atoms. The quantitative estimate of drug-likeness (QED) is 0.494. The Labute approximate surface area is 182 Å². The molecule has 0 saturated carbocycles. The fraction of sp³-hybridized carbons (Fsp3) is 0.696. The Morgan fingerprint density at radius 3 is 1.81 bits per heavy atom. The van der Waals surface area contributed by atoms with Crippen LogP contribution >= 0.6 is 0 Å². The average Bonchev–Trinajstić information content (AvgIpc) is 3.53. The highest BCUT2D eigenvalue weighted by Gasteiger charge is 2.48. The van der Waals surface area contributed by atoms with Crippen LogP contribution in [0.25, 0.3) is 0 Å². The van der Waals surface area contributed by atoms with Gasteiger partial charge in [0, 0.05) is 0 Å². The second kappa shape index (κ2) is 7.07. The van der Waals surface area contributed by atoms with Crippen molar-refractivity contribution in [2.24, 2.45) is 0 Å². The van der Waals surface area contributed by atoms with E-state index in [2.05, 4.69) is 0 Å². The first-order valence-corrected chi connectivity index (χ1v) is 10.8. The van der Waals surface area contributed by atoms with Gasteiger partial charge in [0.25, 0.3) is 5.91 Å². The number of para-hydroxylation sites is 1. The van der Waals surface area contributed by atoms with Gasteiger partial charge in [-0.15, -0.1) is 0 Å². The van der Waals surface area contributed by atoms with Crippen molar-refractivity contribution in [3.63, 3.8) is 0 Å². The number of carbonyl (C=O) groups is 1. The second-order valence-electron chi connectivity index (χ2n) is 10.3. The largest absolute Gasteiger partial charge is 0.487 e. The molecule has 4 unspecified atom stereocenters. The molecule has 31 heavy (non-hydrogen) atoms. The molecule has 5 rings (SSSR count).